The highest BCUT2D eigenvalue weighted by atomic mass is 16.5. The molecule has 1 heterocycles. The first-order valence-electron chi connectivity index (χ1n) is 8.01. The standard InChI is InChI=1S/C20H20N2O3/c1-4-14-5-8-16(9-6-14)22-20(24)17(13(2)21-22)11-15-7-10-18(23)19(12-15)25-3/h5-12,21,23H,2,4H2,1,3H3/b17-11+. The lowest BCUT2D eigenvalue weighted by Gasteiger charge is -2.03. The second kappa shape index (κ2) is 6.73. The number of aromatic nitrogens is 2. The van der Waals surface area contributed by atoms with Gasteiger partial charge in [-0.15, -0.1) is 0 Å². The van der Waals surface area contributed by atoms with Crippen LogP contribution in [0, 0.1) is 0 Å². The highest BCUT2D eigenvalue weighted by Crippen LogP contribution is 2.26. The van der Waals surface area contributed by atoms with Crippen molar-refractivity contribution in [3.05, 3.63) is 74.5 Å². The Morgan fingerprint density at radius 1 is 1.24 bits per heavy atom. The summed E-state index contributed by atoms with van der Waals surface area (Å²) in [7, 11) is 1.48. The SMILES string of the molecule is C=c1[nH]n(-c2ccc(CC)cc2)c(=O)/c1=C/c1ccc(O)c(OC)c1. The van der Waals surface area contributed by atoms with Crippen molar-refractivity contribution in [2.45, 2.75) is 13.3 Å². The number of phenolic OH excluding ortho intramolecular Hbond substituents is 1. The number of ether oxygens (including phenoxy) is 1. The second-order valence-corrected chi connectivity index (χ2v) is 5.74. The highest BCUT2D eigenvalue weighted by molar-refractivity contribution is 5.55. The topological polar surface area (TPSA) is 67.2 Å². The molecule has 0 spiro atoms. The van der Waals surface area contributed by atoms with E-state index in [2.05, 4.69) is 18.6 Å². The fraction of sp³-hybridized carbons (Fsp3) is 0.150. The summed E-state index contributed by atoms with van der Waals surface area (Å²) < 4.78 is 6.58. The van der Waals surface area contributed by atoms with E-state index in [9.17, 15) is 9.90 Å². The molecular formula is C20H20N2O3. The molecule has 25 heavy (non-hydrogen) atoms. The molecule has 5 nitrogen and oxygen atoms in total. The maximum absolute atomic E-state index is 12.8. The average Bonchev–Trinajstić information content (AvgIpc) is 2.91. The third-order valence-corrected chi connectivity index (χ3v) is 4.12. The fourth-order valence-electron chi connectivity index (χ4n) is 2.66. The molecule has 0 atom stereocenters. The first-order valence-corrected chi connectivity index (χ1v) is 8.01. The Labute approximate surface area is 145 Å². The number of H-pyrrole nitrogens is 1. The van der Waals surface area contributed by atoms with Crippen LogP contribution >= 0.6 is 0 Å². The van der Waals surface area contributed by atoms with Crippen LogP contribution in [-0.4, -0.2) is 22.0 Å². The van der Waals surface area contributed by atoms with Crippen molar-refractivity contribution >= 4 is 12.7 Å². The third kappa shape index (κ3) is 3.21. The zero-order chi connectivity index (χ0) is 18.0. The number of aromatic hydroxyl groups is 1. The van der Waals surface area contributed by atoms with Crippen LogP contribution < -0.4 is 20.9 Å². The molecule has 2 aromatic carbocycles. The third-order valence-electron chi connectivity index (χ3n) is 4.12. The lowest BCUT2D eigenvalue weighted by Crippen LogP contribution is -2.33. The number of methoxy groups -OCH3 is 1. The number of nitrogens with zero attached hydrogens (tertiary/aromatic N) is 1. The van der Waals surface area contributed by atoms with E-state index >= 15 is 0 Å². The van der Waals surface area contributed by atoms with Crippen LogP contribution in [-0.2, 0) is 6.42 Å². The minimum Gasteiger partial charge on any atom is -0.504 e. The maximum atomic E-state index is 12.8. The highest BCUT2D eigenvalue weighted by Gasteiger charge is 2.06. The van der Waals surface area contributed by atoms with Gasteiger partial charge in [0.25, 0.3) is 5.56 Å². The molecule has 0 fully saturated rings. The number of phenols is 1. The Hall–Kier alpha value is -3.21. The van der Waals surface area contributed by atoms with Crippen molar-refractivity contribution in [3.63, 3.8) is 0 Å². The lowest BCUT2D eigenvalue weighted by molar-refractivity contribution is 0.373. The molecular weight excluding hydrogens is 316 g/mol. The molecule has 1 aromatic heterocycles. The van der Waals surface area contributed by atoms with Gasteiger partial charge < -0.3 is 9.84 Å². The summed E-state index contributed by atoms with van der Waals surface area (Å²) in [6, 6.07) is 12.7. The molecule has 0 bridgehead atoms. The molecule has 5 heteroatoms. The lowest BCUT2D eigenvalue weighted by atomic mass is 10.1. The maximum Gasteiger partial charge on any atom is 0.279 e. The van der Waals surface area contributed by atoms with Crippen LogP contribution in [0.15, 0.2) is 47.3 Å². The molecule has 0 aliphatic heterocycles. The van der Waals surface area contributed by atoms with E-state index in [1.165, 1.54) is 23.4 Å². The van der Waals surface area contributed by atoms with Gasteiger partial charge in [-0.3, -0.25) is 9.89 Å². The van der Waals surface area contributed by atoms with Crippen LogP contribution in [0.2, 0.25) is 0 Å². The minimum absolute atomic E-state index is 0.0528. The number of hydrogen-bond donors (Lipinski definition) is 2. The quantitative estimate of drug-likeness (QED) is 0.762. The molecule has 0 radical (unpaired) electrons. The van der Waals surface area contributed by atoms with Crippen LogP contribution in [0.4, 0.5) is 0 Å². The fourth-order valence-corrected chi connectivity index (χ4v) is 2.66. The van der Waals surface area contributed by atoms with Gasteiger partial charge >= 0.3 is 0 Å². The Bertz CT molecular complexity index is 1060. The van der Waals surface area contributed by atoms with Crippen LogP contribution in [0.1, 0.15) is 18.1 Å². The first-order chi connectivity index (χ1) is 12.0. The molecule has 0 aliphatic rings. The Kier molecular flexibility index (Phi) is 4.48. The number of rotatable bonds is 4. The molecule has 3 rings (SSSR count). The Morgan fingerprint density at radius 2 is 1.96 bits per heavy atom. The Balaban J connectivity index is 2.11. The van der Waals surface area contributed by atoms with Gasteiger partial charge in [0.05, 0.1) is 23.4 Å². The number of nitrogens with one attached hydrogen (secondary N) is 1. The van der Waals surface area contributed by atoms with E-state index in [-0.39, 0.29) is 11.3 Å². The van der Waals surface area contributed by atoms with Gasteiger partial charge in [0, 0.05) is 0 Å². The van der Waals surface area contributed by atoms with Crippen LogP contribution in [0.5, 0.6) is 11.5 Å². The summed E-state index contributed by atoms with van der Waals surface area (Å²) in [6.45, 7) is 6.02. The van der Waals surface area contributed by atoms with Crippen molar-refractivity contribution in [1.29, 1.82) is 0 Å². The van der Waals surface area contributed by atoms with E-state index in [0.717, 1.165) is 17.7 Å². The van der Waals surface area contributed by atoms with E-state index in [0.29, 0.717) is 16.3 Å². The van der Waals surface area contributed by atoms with Crippen molar-refractivity contribution in [2.24, 2.45) is 0 Å². The monoisotopic (exact) mass is 336 g/mol. The number of aryl methyl sites for hydroxylation is 1. The summed E-state index contributed by atoms with van der Waals surface area (Å²) in [5.74, 6) is 0.405. The summed E-state index contributed by atoms with van der Waals surface area (Å²) in [4.78, 5) is 12.8. The van der Waals surface area contributed by atoms with Gasteiger partial charge in [-0.05, 0) is 47.9 Å². The number of aromatic amines is 1. The van der Waals surface area contributed by atoms with Crippen LogP contribution in [0.3, 0.4) is 0 Å². The van der Waals surface area contributed by atoms with Gasteiger partial charge in [-0.25, -0.2) is 4.68 Å². The van der Waals surface area contributed by atoms with E-state index < -0.39 is 0 Å². The summed E-state index contributed by atoms with van der Waals surface area (Å²) in [5, 5.41) is 13.7. The number of benzene rings is 2. The predicted octanol–water partition coefficient (Wildman–Crippen LogP) is 1.68. The zero-order valence-corrected chi connectivity index (χ0v) is 14.2. The molecule has 0 amide bonds. The predicted molar refractivity (Wildman–Crippen MR) is 98.8 cm³/mol. The summed E-state index contributed by atoms with van der Waals surface area (Å²) in [6.07, 6.45) is 2.67. The smallest absolute Gasteiger partial charge is 0.279 e. The molecule has 0 unspecified atom stereocenters. The zero-order valence-electron chi connectivity index (χ0n) is 14.2. The van der Waals surface area contributed by atoms with Gasteiger partial charge in [-0.1, -0.05) is 31.7 Å². The van der Waals surface area contributed by atoms with Crippen molar-refractivity contribution in [1.82, 2.24) is 9.78 Å². The second-order valence-electron chi connectivity index (χ2n) is 5.74. The van der Waals surface area contributed by atoms with E-state index in [1.807, 2.05) is 24.3 Å². The summed E-state index contributed by atoms with van der Waals surface area (Å²) >= 11 is 0. The van der Waals surface area contributed by atoms with Crippen LogP contribution in [0.25, 0.3) is 18.3 Å². The van der Waals surface area contributed by atoms with E-state index in [1.54, 1.807) is 18.2 Å². The molecule has 3 aromatic rings. The van der Waals surface area contributed by atoms with Crippen molar-refractivity contribution in [2.75, 3.05) is 7.11 Å². The van der Waals surface area contributed by atoms with Gasteiger partial charge in [-0.2, -0.15) is 0 Å². The molecule has 0 saturated carbocycles. The average molecular weight is 336 g/mol. The first kappa shape index (κ1) is 16.6. The van der Waals surface area contributed by atoms with Crippen molar-refractivity contribution < 1.29 is 9.84 Å². The molecule has 128 valence electrons. The van der Waals surface area contributed by atoms with Gasteiger partial charge in [0.15, 0.2) is 11.5 Å². The molecule has 0 saturated heterocycles. The van der Waals surface area contributed by atoms with Gasteiger partial charge in [0.1, 0.15) is 0 Å². The van der Waals surface area contributed by atoms with Gasteiger partial charge in [0.2, 0.25) is 0 Å². The molecule has 2 N–H and O–H groups in total. The number of hydrogen-bond acceptors (Lipinski definition) is 3. The molecule has 0 aliphatic carbocycles. The Morgan fingerprint density at radius 3 is 2.60 bits per heavy atom. The minimum atomic E-state index is -0.179. The van der Waals surface area contributed by atoms with E-state index in [4.69, 9.17) is 4.74 Å². The normalized spacial score (nSPS) is 11.7. The van der Waals surface area contributed by atoms with Crippen molar-refractivity contribution in [3.8, 4) is 17.2 Å². The largest absolute Gasteiger partial charge is 0.504 e. The summed E-state index contributed by atoms with van der Waals surface area (Å²) in [5.41, 5.74) is 2.53.